The molecule has 0 amide bonds. The van der Waals surface area contributed by atoms with Gasteiger partial charge in [-0.3, -0.25) is 4.98 Å². The number of anilines is 1. The Balaban J connectivity index is 1.87. The van der Waals surface area contributed by atoms with E-state index in [4.69, 9.17) is 16.3 Å². The highest BCUT2D eigenvalue weighted by atomic mass is 35.5. The fourth-order valence-corrected chi connectivity index (χ4v) is 3.35. The van der Waals surface area contributed by atoms with E-state index in [2.05, 4.69) is 17.2 Å². The van der Waals surface area contributed by atoms with Crippen molar-refractivity contribution in [1.82, 2.24) is 4.98 Å². The van der Waals surface area contributed by atoms with Gasteiger partial charge in [0.05, 0.1) is 16.8 Å². The van der Waals surface area contributed by atoms with E-state index in [1.165, 1.54) is 12.4 Å². The molecule has 1 aromatic heterocycles. The van der Waals surface area contributed by atoms with Crippen molar-refractivity contribution >= 4 is 35.0 Å². The predicted molar refractivity (Wildman–Crippen MR) is 84.5 cm³/mol. The third-order valence-corrected chi connectivity index (χ3v) is 4.61. The molecule has 6 heteroatoms. The van der Waals surface area contributed by atoms with E-state index in [0.29, 0.717) is 22.4 Å². The van der Waals surface area contributed by atoms with Crippen LogP contribution in [-0.4, -0.2) is 22.7 Å². The molecule has 1 N–H and O–H groups in total. The first-order valence-corrected chi connectivity index (χ1v) is 7.85. The average Bonchev–Trinajstić information content (AvgIpc) is 2.46. The van der Waals surface area contributed by atoms with E-state index >= 15 is 0 Å². The SMILES string of the molecule is CC1CSc2c(cccc2C(=O)Oc2cncc(Cl)c2)N1. The van der Waals surface area contributed by atoms with Gasteiger partial charge in [-0.2, -0.15) is 0 Å². The molecule has 108 valence electrons. The number of aromatic nitrogens is 1. The predicted octanol–water partition coefficient (Wildman–Crippen LogP) is 3.86. The van der Waals surface area contributed by atoms with Crippen LogP contribution in [0.25, 0.3) is 0 Å². The molecular weight excluding hydrogens is 308 g/mol. The highest BCUT2D eigenvalue weighted by Crippen LogP contribution is 2.36. The summed E-state index contributed by atoms with van der Waals surface area (Å²) < 4.78 is 5.35. The maximum absolute atomic E-state index is 12.3. The lowest BCUT2D eigenvalue weighted by Gasteiger charge is -2.24. The second kappa shape index (κ2) is 5.95. The summed E-state index contributed by atoms with van der Waals surface area (Å²) in [5.74, 6) is 0.850. The van der Waals surface area contributed by atoms with Crippen LogP contribution in [0.1, 0.15) is 17.3 Å². The summed E-state index contributed by atoms with van der Waals surface area (Å²) >= 11 is 7.50. The molecule has 1 atom stereocenters. The molecule has 3 rings (SSSR count). The third kappa shape index (κ3) is 3.14. The lowest BCUT2D eigenvalue weighted by atomic mass is 10.2. The van der Waals surface area contributed by atoms with E-state index in [1.54, 1.807) is 23.9 Å². The molecule has 2 heterocycles. The number of halogens is 1. The number of carbonyl (C=O) groups excluding carboxylic acids is 1. The van der Waals surface area contributed by atoms with Crippen LogP contribution >= 0.6 is 23.4 Å². The zero-order chi connectivity index (χ0) is 14.8. The van der Waals surface area contributed by atoms with Crippen LogP contribution in [0.2, 0.25) is 5.02 Å². The Kier molecular flexibility index (Phi) is 4.03. The maximum Gasteiger partial charge on any atom is 0.344 e. The van der Waals surface area contributed by atoms with Crippen LogP contribution in [0.5, 0.6) is 5.75 Å². The molecule has 0 saturated heterocycles. The number of nitrogens with one attached hydrogen (secondary N) is 1. The summed E-state index contributed by atoms with van der Waals surface area (Å²) in [4.78, 5) is 17.2. The van der Waals surface area contributed by atoms with E-state index in [0.717, 1.165) is 16.3 Å². The van der Waals surface area contributed by atoms with Gasteiger partial charge >= 0.3 is 5.97 Å². The summed E-state index contributed by atoms with van der Waals surface area (Å²) in [5.41, 5.74) is 1.52. The second-order valence-corrected chi connectivity index (χ2v) is 6.23. The first kappa shape index (κ1) is 14.2. The summed E-state index contributed by atoms with van der Waals surface area (Å²) in [7, 11) is 0. The standard InChI is InChI=1S/C15H13ClN2O2S/c1-9-8-21-14-12(3-2-4-13(14)18-9)15(19)20-11-5-10(16)6-17-7-11/h2-7,9,18H,8H2,1H3. The molecule has 1 unspecified atom stereocenters. The number of hydrogen-bond donors (Lipinski definition) is 1. The minimum Gasteiger partial charge on any atom is -0.421 e. The molecule has 1 aromatic carbocycles. The quantitative estimate of drug-likeness (QED) is 0.851. The molecule has 0 fully saturated rings. The fraction of sp³-hybridized carbons (Fsp3) is 0.200. The van der Waals surface area contributed by atoms with Crippen LogP contribution in [0.15, 0.2) is 41.6 Å². The van der Waals surface area contributed by atoms with Crippen LogP contribution in [0, 0.1) is 0 Å². The monoisotopic (exact) mass is 320 g/mol. The van der Waals surface area contributed by atoms with Crippen molar-refractivity contribution in [3.8, 4) is 5.75 Å². The number of carbonyl (C=O) groups is 1. The summed E-state index contributed by atoms with van der Waals surface area (Å²) in [6.45, 7) is 2.11. The van der Waals surface area contributed by atoms with Gasteiger partial charge in [0.15, 0.2) is 5.75 Å². The van der Waals surface area contributed by atoms with Gasteiger partial charge in [0.1, 0.15) is 0 Å². The highest BCUT2D eigenvalue weighted by molar-refractivity contribution is 7.99. The first-order chi connectivity index (χ1) is 10.1. The van der Waals surface area contributed by atoms with E-state index in [9.17, 15) is 4.79 Å². The molecule has 0 saturated carbocycles. The van der Waals surface area contributed by atoms with Crippen molar-refractivity contribution < 1.29 is 9.53 Å². The Morgan fingerprint density at radius 2 is 2.33 bits per heavy atom. The van der Waals surface area contributed by atoms with Gasteiger partial charge in [-0.05, 0) is 19.1 Å². The fourth-order valence-electron chi connectivity index (χ4n) is 2.09. The van der Waals surface area contributed by atoms with Crippen molar-refractivity contribution in [2.24, 2.45) is 0 Å². The lowest BCUT2D eigenvalue weighted by Crippen LogP contribution is -2.23. The molecule has 0 radical (unpaired) electrons. The number of hydrogen-bond acceptors (Lipinski definition) is 5. The Hall–Kier alpha value is -1.72. The second-order valence-electron chi connectivity index (χ2n) is 4.77. The van der Waals surface area contributed by atoms with Crippen molar-refractivity contribution in [1.29, 1.82) is 0 Å². The van der Waals surface area contributed by atoms with Crippen LogP contribution < -0.4 is 10.1 Å². The largest absolute Gasteiger partial charge is 0.421 e. The molecule has 0 aliphatic carbocycles. The maximum atomic E-state index is 12.3. The van der Waals surface area contributed by atoms with Crippen LogP contribution in [-0.2, 0) is 0 Å². The number of nitrogens with zero attached hydrogens (tertiary/aromatic N) is 1. The minimum absolute atomic E-state index is 0.340. The van der Waals surface area contributed by atoms with Crippen LogP contribution in [0.4, 0.5) is 5.69 Å². The molecule has 0 bridgehead atoms. The van der Waals surface area contributed by atoms with E-state index < -0.39 is 5.97 Å². The van der Waals surface area contributed by atoms with Crippen LogP contribution in [0.3, 0.4) is 0 Å². The van der Waals surface area contributed by atoms with Gasteiger partial charge in [0.25, 0.3) is 0 Å². The van der Waals surface area contributed by atoms with E-state index in [-0.39, 0.29) is 0 Å². The van der Waals surface area contributed by atoms with E-state index in [1.807, 2.05) is 12.1 Å². The topological polar surface area (TPSA) is 51.2 Å². The van der Waals surface area contributed by atoms with Crippen molar-refractivity contribution in [3.63, 3.8) is 0 Å². The molecule has 21 heavy (non-hydrogen) atoms. The zero-order valence-electron chi connectivity index (χ0n) is 11.3. The first-order valence-electron chi connectivity index (χ1n) is 6.48. The Labute approximate surface area is 131 Å². The third-order valence-electron chi connectivity index (χ3n) is 3.00. The molecule has 2 aromatic rings. The Morgan fingerprint density at radius 3 is 3.14 bits per heavy atom. The van der Waals surface area contributed by atoms with Gasteiger partial charge in [-0.25, -0.2) is 4.79 Å². The Bertz CT molecular complexity index is 693. The Morgan fingerprint density at radius 1 is 1.48 bits per heavy atom. The average molecular weight is 321 g/mol. The highest BCUT2D eigenvalue weighted by Gasteiger charge is 2.22. The molecule has 4 nitrogen and oxygen atoms in total. The number of fused-ring (bicyclic) bond motifs is 1. The molecular formula is C15H13ClN2O2S. The van der Waals surface area contributed by atoms with Crippen molar-refractivity contribution in [2.75, 3.05) is 11.1 Å². The summed E-state index contributed by atoms with van der Waals surface area (Å²) in [6.07, 6.45) is 2.96. The minimum atomic E-state index is -0.403. The number of thioether (sulfide) groups is 1. The van der Waals surface area contributed by atoms with Gasteiger partial charge in [0.2, 0.25) is 0 Å². The van der Waals surface area contributed by atoms with Crippen molar-refractivity contribution in [3.05, 3.63) is 47.2 Å². The summed E-state index contributed by atoms with van der Waals surface area (Å²) in [6, 6.07) is 7.53. The summed E-state index contributed by atoms with van der Waals surface area (Å²) in [5, 5.41) is 3.80. The smallest absolute Gasteiger partial charge is 0.344 e. The molecule has 1 aliphatic heterocycles. The number of esters is 1. The number of pyridine rings is 1. The van der Waals surface area contributed by atoms with Gasteiger partial charge in [-0.1, -0.05) is 17.7 Å². The number of rotatable bonds is 2. The number of ether oxygens (including phenoxy) is 1. The van der Waals surface area contributed by atoms with Crippen molar-refractivity contribution in [2.45, 2.75) is 17.9 Å². The molecule has 1 aliphatic rings. The van der Waals surface area contributed by atoms with Gasteiger partial charge in [0, 0.05) is 34.6 Å². The van der Waals surface area contributed by atoms with Gasteiger partial charge in [-0.15, -0.1) is 11.8 Å². The normalized spacial score (nSPS) is 16.8. The van der Waals surface area contributed by atoms with Gasteiger partial charge < -0.3 is 10.1 Å². The molecule has 0 spiro atoms. The number of benzene rings is 1. The lowest BCUT2D eigenvalue weighted by molar-refractivity contribution is 0.0730. The zero-order valence-corrected chi connectivity index (χ0v) is 12.9.